The Kier molecular flexibility index (Phi) is 38.5. The Balaban J connectivity index is 3.82. The first-order chi connectivity index (χ1) is 23.6. The molecule has 0 amide bonds. The highest BCUT2D eigenvalue weighted by Crippen LogP contribution is 2.19. The number of hydrogen-bond acceptors (Lipinski definition) is 3. The summed E-state index contributed by atoms with van der Waals surface area (Å²) >= 11 is 0. The summed E-state index contributed by atoms with van der Waals surface area (Å²) in [5, 5.41) is 8.74. The number of esters is 1. The van der Waals surface area contributed by atoms with E-state index in [1.807, 2.05) is 0 Å². The van der Waals surface area contributed by atoms with E-state index in [-0.39, 0.29) is 12.1 Å². The molecule has 0 saturated heterocycles. The second-order valence-corrected chi connectivity index (χ2v) is 14.5. The quantitative estimate of drug-likeness (QED) is 0.0400. The van der Waals surface area contributed by atoms with Crippen LogP contribution in [-0.2, 0) is 14.3 Å². The van der Waals surface area contributed by atoms with Crippen LogP contribution in [0.2, 0.25) is 0 Å². The van der Waals surface area contributed by atoms with Crippen LogP contribution in [0.5, 0.6) is 0 Å². The summed E-state index contributed by atoms with van der Waals surface area (Å²) in [6.45, 7) is 4.52. The number of carbonyl (C=O) groups excluding carboxylic acids is 1. The molecule has 0 aromatic heterocycles. The Bertz CT molecular complexity index is 727. The van der Waals surface area contributed by atoms with Crippen molar-refractivity contribution in [3.63, 3.8) is 0 Å². The van der Waals surface area contributed by atoms with E-state index in [2.05, 4.69) is 38.2 Å². The number of allylic oxidation sites excluding steroid dienone is 4. The number of hydrogen-bond donors (Lipinski definition) is 1. The van der Waals surface area contributed by atoms with Gasteiger partial charge in [-0.05, 0) is 70.6 Å². The first-order valence-electron chi connectivity index (χ1n) is 21.3. The van der Waals surface area contributed by atoms with Gasteiger partial charge >= 0.3 is 11.9 Å². The van der Waals surface area contributed by atoms with Gasteiger partial charge in [0.25, 0.3) is 0 Å². The average molecular weight is 675 g/mol. The molecule has 1 N–H and O–H groups in total. The second kappa shape index (κ2) is 39.9. The first kappa shape index (κ1) is 46.4. The molecule has 0 aliphatic carbocycles. The molecule has 1 unspecified atom stereocenters. The fraction of sp³-hybridized carbons (Fsp3) is 0.864. The summed E-state index contributed by atoms with van der Waals surface area (Å²) in [5.74, 6) is -0.655. The van der Waals surface area contributed by atoms with Gasteiger partial charge in [-0.15, -0.1) is 0 Å². The lowest BCUT2D eigenvalue weighted by Crippen LogP contribution is -2.18. The molecule has 0 aliphatic rings. The van der Waals surface area contributed by atoms with E-state index in [4.69, 9.17) is 9.84 Å². The van der Waals surface area contributed by atoms with Gasteiger partial charge < -0.3 is 9.84 Å². The van der Waals surface area contributed by atoms with Gasteiger partial charge in [0.2, 0.25) is 0 Å². The van der Waals surface area contributed by atoms with E-state index >= 15 is 0 Å². The lowest BCUT2D eigenvalue weighted by Gasteiger charge is -2.18. The molecule has 0 rings (SSSR count). The molecule has 1 atom stereocenters. The Morgan fingerprint density at radius 3 is 1.27 bits per heavy atom. The number of carbonyl (C=O) groups is 2. The predicted molar refractivity (Wildman–Crippen MR) is 209 cm³/mol. The van der Waals surface area contributed by atoms with Gasteiger partial charge in [-0.3, -0.25) is 9.59 Å². The fourth-order valence-corrected chi connectivity index (χ4v) is 6.51. The van der Waals surface area contributed by atoms with Crippen molar-refractivity contribution in [2.45, 2.75) is 245 Å². The summed E-state index contributed by atoms with van der Waals surface area (Å²) in [6, 6.07) is 0. The van der Waals surface area contributed by atoms with Gasteiger partial charge in [-0.25, -0.2) is 0 Å². The molecule has 0 fully saturated rings. The molecule has 0 heterocycles. The van der Waals surface area contributed by atoms with Crippen LogP contribution in [0.25, 0.3) is 0 Å². The molecule has 0 bridgehead atoms. The Labute approximate surface area is 299 Å². The molecule has 0 aliphatic heterocycles. The lowest BCUT2D eigenvalue weighted by molar-refractivity contribution is -0.150. The molecule has 0 aromatic carbocycles. The summed E-state index contributed by atoms with van der Waals surface area (Å²) in [6.07, 6.45) is 50.8. The number of ether oxygens (including phenoxy) is 1. The highest BCUT2D eigenvalue weighted by Gasteiger charge is 2.14. The maximum Gasteiger partial charge on any atom is 0.306 e. The number of aliphatic carboxylic acids is 1. The zero-order valence-electron chi connectivity index (χ0n) is 32.3. The van der Waals surface area contributed by atoms with Crippen LogP contribution in [0.1, 0.15) is 239 Å². The smallest absolute Gasteiger partial charge is 0.306 e. The highest BCUT2D eigenvalue weighted by atomic mass is 16.5. The van der Waals surface area contributed by atoms with E-state index in [1.54, 1.807) is 0 Å². The minimum absolute atomic E-state index is 0.0254. The average Bonchev–Trinajstić information content (AvgIpc) is 3.07. The molecular formula is C44H82O4. The zero-order valence-corrected chi connectivity index (χ0v) is 32.3. The standard InChI is InChI=1S/C44H82O4/c1-3-5-7-9-11-12-13-14-15-16-17-18-19-20-21-22-23-24-29-33-37-41-44(47)48-42(38-34-30-10-8-6-4-2)39-35-31-27-25-26-28-32-36-40-43(45)46/h11-12,14-15,42H,3-10,13,16-41H2,1-2H3,(H,45,46)/b12-11-,15-14-. The Hall–Kier alpha value is -1.58. The van der Waals surface area contributed by atoms with Crippen LogP contribution in [0, 0.1) is 0 Å². The van der Waals surface area contributed by atoms with Crippen LogP contribution >= 0.6 is 0 Å². The van der Waals surface area contributed by atoms with Crippen LogP contribution in [0.15, 0.2) is 24.3 Å². The third-order valence-corrected chi connectivity index (χ3v) is 9.68. The molecule has 0 aromatic rings. The van der Waals surface area contributed by atoms with Gasteiger partial charge in [-0.2, -0.15) is 0 Å². The summed E-state index contributed by atoms with van der Waals surface area (Å²) in [4.78, 5) is 23.3. The van der Waals surface area contributed by atoms with Crippen LogP contribution in [0.3, 0.4) is 0 Å². The Morgan fingerprint density at radius 2 is 0.812 bits per heavy atom. The molecular weight excluding hydrogens is 592 g/mol. The molecule has 4 nitrogen and oxygen atoms in total. The maximum absolute atomic E-state index is 12.7. The van der Waals surface area contributed by atoms with Gasteiger partial charge in [0.1, 0.15) is 6.10 Å². The van der Waals surface area contributed by atoms with Gasteiger partial charge in [0.05, 0.1) is 0 Å². The lowest BCUT2D eigenvalue weighted by atomic mass is 10.0. The molecule has 282 valence electrons. The maximum atomic E-state index is 12.7. The van der Waals surface area contributed by atoms with Crippen molar-refractivity contribution < 1.29 is 19.4 Å². The SMILES string of the molecule is CCCCC/C=C\C/C=C\CCCCCCCCCCCCCC(=O)OC(CCCCCCCC)CCCCCCCCCCC(=O)O. The number of rotatable bonds is 39. The van der Waals surface area contributed by atoms with Gasteiger partial charge in [0.15, 0.2) is 0 Å². The third kappa shape index (κ3) is 38.9. The van der Waals surface area contributed by atoms with Crippen molar-refractivity contribution in [2.24, 2.45) is 0 Å². The van der Waals surface area contributed by atoms with Gasteiger partial charge in [-0.1, -0.05) is 179 Å². The van der Waals surface area contributed by atoms with Crippen LogP contribution in [-0.4, -0.2) is 23.1 Å². The number of unbranched alkanes of at least 4 members (excludes halogenated alkanes) is 26. The van der Waals surface area contributed by atoms with E-state index in [0.29, 0.717) is 12.8 Å². The van der Waals surface area contributed by atoms with Crippen molar-refractivity contribution >= 4 is 11.9 Å². The second-order valence-electron chi connectivity index (χ2n) is 14.5. The predicted octanol–water partition coefficient (Wildman–Crippen LogP) is 14.8. The van der Waals surface area contributed by atoms with Gasteiger partial charge in [0, 0.05) is 12.8 Å². The third-order valence-electron chi connectivity index (χ3n) is 9.68. The van der Waals surface area contributed by atoms with Crippen LogP contribution < -0.4 is 0 Å². The summed E-state index contributed by atoms with van der Waals surface area (Å²) < 4.78 is 6.02. The van der Waals surface area contributed by atoms with Crippen molar-refractivity contribution in [2.75, 3.05) is 0 Å². The molecule has 0 saturated carbocycles. The fourth-order valence-electron chi connectivity index (χ4n) is 6.51. The summed E-state index contributed by atoms with van der Waals surface area (Å²) in [7, 11) is 0. The minimum Gasteiger partial charge on any atom is -0.481 e. The molecule has 48 heavy (non-hydrogen) atoms. The summed E-state index contributed by atoms with van der Waals surface area (Å²) in [5.41, 5.74) is 0. The Morgan fingerprint density at radius 1 is 0.458 bits per heavy atom. The van der Waals surface area contributed by atoms with Crippen molar-refractivity contribution in [1.82, 2.24) is 0 Å². The number of carboxylic acid groups (broad SMARTS) is 1. The zero-order chi connectivity index (χ0) is 35.0. The monoisotopic (exact) mass is 675 g/mol. The van der Waals surface area contributed by atoms with E-state index in [9.17, 15) is 9.59 Å². The minimum atomic E-state index is -0.681. The molecule has 0 spiro atoms. The van der Waals surface area contributed by atoms with E-state index in [1.165, 1.54) is 154 Å². The first-order valence-corrected chi connectivity index (χ1v) is 21.3. The molecule has 0 radical (unpaired) electrons. The van der Waals surface area contributed by atoms with Crippen molar-refractivity contribution in [1.29, 1.82) is 0 Å². The highest BCUT2D eigenvalue weighted by molar-refractivity contribution is 5.69. The van der Waals surface area contributed by atoms with Crippen molar-refractivity contribution in [3.05, 3.63) is 24.3 Å². The van der Waals surface area contributed by atoms with E-state index < -0.39 is 5.97 Å². The largest absolute Gasteiger partial charge is 0.481 e. The normalized spacial score (nSPS) is 12.4. The topological polar surface area (TPSA) is 63.6 Å². The van der Waals surface area contributed by atoms with E-state index in [0.717, 1.165) is 57.8 Å². The molecule has 4 heteroatoms. The van der Waals surface area contributed by atoms with Crippen molar-refractivity contribution in [3.8, 4) is 0 Å². The van der Waals surface area contributed by atoms with Crippen LogP contribution in [0.4, 0.5) is 0 Å². The number of carboxylic acids is 1.